The molecule has 0 amide bonds. The fourth-order valence-corrected chi connectivity index (χ4v) is 4.85. The summed E-state index contributed by atoms with van der Waals surface area (Å²) in [5.41, 5.74) is 10.4. The number of nitrogens with one attached hydrogen (secondary N) is 1. The molecule has 0 radical (unpaired) electrons. The van der Waals surface area contributed by atoms with Crippen LogP contribution in [0.15, 0.2) is 74.9 Å². The minimum absolute atomic E-state index is 0.0750. The largest absolute Gasteiger partial charge is 0.321 e. The van der Waals surface area contributed by atoms with Crippen molar-refractivity contribution in [2.75, 3.05) is 7.05 Å². The second-order valence-corrected chi connectivity index (χ2v) is 8.87. The first-order valence-corrected chi connectivity index (χ1v) is 9.95. The average molecular weight is 383 g/mol. The third kappa shape index (κ3) is 3.09. The van der Waals surface area contributed by atoms with Crippen molar-refractivity contribution >= 4 is 0 Å². The SMILES string of the molecule is C=CC1(C=C)C(=C)C(N)C(=C)C(C=C)(C=C)N1NC1CC(C)N(C)C(C)(C)C1. The first kappa shape index (κ1) is 22.6. The summed E-state index contributed by atoms with van der Waals surface area (Å²) < 4.78 is 0. The molecule has 0 bridgehead atoms. The van der Waals surface area contributed by atoms with Crippen molar-refractivity contribution in [2.24, 2.45) is 5.73 Å². The standard InChI is InChI=1S/C24H38N4/c1-11-23(12-2)18(6)21(25)19(7)24(13-3,14-4)28(23)26-20-15-17(5)27(10)22(8,9)16-20/h11-14,17,20-21,26H,1-4,6-7,15-16,25H2,5,8-10H3. The number of piperidine rings is 2. The summed E-state index contributed by atoms with van der Waals surface area (Å²) in [5, 5.41) is 2.10. The van der Waals surface area contributed by atoms with Gasteiger partial charge in [-0.3, -0.25) is 4.90 Å². The van der Waals surface area contributed by atoms with Crippen LogP contribution in [0.3, 0.4) is 0 Å². The molecular formula is C24H38N4. The number of likely N-dealkylation sites (tertiary alicyclic amines) is 1. The van der Waals surface area contributed by atoms with Gasteiger partial charge < -0.3 is 5.73 Å². The van der Waals surface area contributed by atoms with Crippen LogP contribution in [0.25, 0.3) is 0 Å². The molecule has 3 N–H and O–H groups in total. The monoisotopic (exact) mass is 382 g/mol. The van der Waals surface area contributed by atoms with E-state index in [1.807, 2.05) is 24.3 Å². The summed E-state index contributed by atoms with van der Waals surface area (Å²) in [7, 11) is 2.19. The highest BCUT2D eigenvalue weighted by Gasteiger charge is 2.54. The Morgan fingerprint density at radius 3 is 1.79 bits per heavy atom. The Balaban J connectivity index is 2.57. The Hall–Kier alpha value is -1.72. The van der Waals surface area contributed by atoms with Crippen molar-refractivity contribution < 1.29 is 0 Å². The van der Waals surface area contributed by atoms with Gasteiger partial charge in [0.05, 0.1) is 17.1 Å². The van der Waals surface area contributed by atoms with Gasteiger partial charge in [0.25, 0.3) is 0 Å². The smallest absolute Gasteiger partial charge is 0.0951 e. The van der Waals surface area contributed by atoms with Crippen LogP contribution in [0.1, 0.15) is 33.6 Å². The molecule has 0 spiro atoms. The Morgan fingerprint density at radius 2 is 1.43 bits per heavy atom. The van der Waals surface area contributed by atoms with Crippen molar-refractivity contribution in [1.82, 2.24) is 15.3 Å². The fraction of sp³-hybridized carbons (Fsp3) is 0.500. The Kier molecular flexibility index (Phi) is 6.13. The lowest BCUT2D eigenvalue weighted by Gasteiger charge is -2.59. The van der Waals surface area contributed by atoms with E-state index in [1.165, 1.54) is 0 Å². The number of nitrogens with two attached hydrogens (primary N) is 1. The van der Waals surface area contributed by atoms with E-state index in [9.17, 15) is 0 Å². The summed E-state index contributed by atoms with van der Waals surface area (Å²) in [6, 6.07) is 0.274. The topological polar surface area (TPSA) is 44.5 Å². The van der Waals surface area contributed by atoms with Crippen LogP contribution in [0.2, 0.25) is 0 Å². The van der Waals surface area contributed by atoms with Crippen LogP contribution in [-0.4, -0.2) is 51.7 Å². The van der Waals surface area contributed by atoms with E-state index in [4.69, 9.17) is 5.73 Å². The van der Waals surface area contributed by atoms with E-state index >= 15 is 0 Å². The maximum absolute atomic E-state index is 6.50. The van der Waals surface area contributed by atoms with Gasteiger partial charge in [-0.2, -0.15) is 0 Å². The first-order valence-electron chi connectivity index (χ1n) is 9.95. The van der Waals surface area contributed by atoms with Crippen LogP contribution in [0.5, 0.6) is 0 Å². The highest BCUT2D eigenvalue weighted by Crippen LogP contribution is 2.46. The van der Waals surface area contributed by atoms with Gasteiger partial charge in [-0.25, -0.2) is 10.4 Å². The van der Waals surface area contributed by atoms with Crippen molar-refractivity contribution in [1.29, 1.82) is 0 Å². The molecule has 0 saturated carbocycles. The zero-order valence-corrected chi connectivity index (χ0v) is 18.2. The summed E-state index contributed by atoms with van der Waals surface area (Å²) >= 11 is 0. The Bertz CT molecular complexity index is 645. The molecule has 4 heteroatoms. The van der Waals surface area contributed by atoms with Gasteiger partial charge in [0.2, 0.25) is 0 Å². The number of rotatable bonds is 6. The zero-order chi connectivity index (χ0) is 21.5. The van der Waals surface area contributed by atoms with Crippen molar-refractivity contribution in [3.63, 3.8) is 0 Å². The third-order valence-corrected chi connectivity index (χ3v) is 7.06. The molecule has 2 fully saturated rings. The van der Waals surface area contributed by atoms with Gasteiger partial charge in [0.1, 0.15) is 0 Å². The molecule has 0 aliphatic carbocycles. The average Bonchev–Trinajstić information content (AvgIpc) is 2.66. The van der Waals surface area contributed by atoms with Crippen molar-refractivity contribution in [2.45, 2.75) is 68.4 Å². The quantitative estimate of drug-likeness (QED) is 0.687. The molecule has 2 unspecified atom stereocenters. The van der Waals surface area contributed by atoms with E-state index in [-0.39, 0.29) is 11.6 Å². The van der Waals surface area contributed by atoms with Gasteiger partial charge >= 0.3 is 0 Å². The predicted octanol–water partition coefficient (Wildman–Crippen LogP) is 3.73. The fourth-order valence-electron chi connectivity index (χ4n) is 4.85. The summed E-state index contributed by atoms with van der Waals surface area (Å²) in [6.07, 6.45) is 9.36. The minimum atomic E-state index is -0.750. The molecule has 2 atom stereocenters. The predicted molar refractivity (Wildman–Crippen MR) is 122 cm³/mol. The molecular weight excluding hydrogens is 344 g/mol. The third-order valence-electron chi connectivity index (χ3n) is 7.06. The second-order valence-electron chi connectivity index (χ2n) is 8.87. The van der Waals surface area contributed by atoms with E-state index < -0.39 is 17.1 Å². The van der Waals surface area contributed by atoms with Gasteiger partial charge in [-0.1, -0.05) is 37.5 Å². The lowest BCUT2D eigenvalue weighted by Crippen LogP contribution is -2.73. The molecule has 2 heterocycles. The first-order chi connectivity index (χ1) is 13.0. The molecule has 2 saturated heterocycles. The Morgan fingerprint density at radius 1 is 1.00 bits per heavy atom. The summed E-state index contributed by atoms with van der Waals surface area (Å²) in [6.45, 7) is 31.8. The highest BCUT2D eigenvalue weighted by molar-refractivity contribution is 5.53. The van der Waals surface area contributed by atoms with E-state index in [2.05, 4.69) is 82.6 Å². The highest BCUT2D eigenvalue weighted by atomic mass is 15.6. The molecule has 0 aromatic heterocycles. The number of hydrogen-bond acceptors (Lipinski definition) is 4. The maximum Gasteiger partial charge on any atom is 0.0951 e. The number of hydrazine groups is 1. The van der Waals surface area contributed by atoms with Gasteiger partial charge in [0.15, 0.2) is 0 Å². The van der Waals surface area contributed by atoms with Crippen LogP contribution in [0, 0.1) is 0 Å². The number of hydrogen-bond donors (Lipinski definition) is 2. The van der Waals surface area contributed by atoms with Crippen molar-refractivity contribution in [3.05, 3.63) is 74.9 Å². The number of nitrogens with zero attached hydrogens (tertiary/aromatic N) is 2. The molecule has 2 aliphatic heterocycles. The van der Waals surface area contributed by atoms with E-state index in [0.29, 0.717) is 6.04 Å². The minimum Gasteiger partial charge on any atom is -0.321 e. The maximum atomic E-state index is 6.50. The molecule has 4 nitrogen and oxygen atoms in total. The lowest BCUT2D eigenvalue weighted by molar-refractivity contribution is -0.0221. The molecule has 0 aromatic carbocycles. The van der Waals surface area contributed by atoms with Gasteiger partial charge in [0, 0.05) is 17.6 Å². The van der Waals surface area contributed by atoms with Gasteiger partial charge in [-0.15, -0.1) is 26.3 Å². The van der Waals surface area contributed by atoms with E-state index in [0.717, 1.165) is 24.0 Å². The molecule has 154 valence electrons. The van der Waals surface area contributed by atoms with Gasteiger partial charge in [-0.05, 0) is 51.8 Å². The normalized spacial score (nSPS) is 30.6. The summed E-state index contributed by atoms with van der Waals surface area (Å²) in [4.78, 5) is 2.44. The van der Waals surface area contributed by atoms with E-state index in [1.54, 1.807) is 0 Å². The van der Waals surface area contributed by atoms with Crippen LogP contribution in [-0.2, 0) is 0 Å². The van der Waals surface area contributed by atoms with Crippen LogP contribution >= 0.6 is 0 Å². The van der Waals surface area contributed by atoms with Crippen LogP contribution in [0.4, 0.5) is 0 Å². The molecule has 2 rings (SSSR count). The lowest BCUT2D eigenvalue weighted by atomic mass is 9.69. The zero-order valence-electron chi connectivity index (χ0n) is 18.2. The van der Waals surface area contributed by atoms with Crippen molar-refractivity contribution in [3.8, 4) is 0 Å². The summed E-state index contributed by atoms with van der Waals surface area (Å²) in [5.74, 6) is 0. The van der Waals surface area contributed by atoms with Crippen LogP contribution < -0.4 is 11.2 Å². The second kappa shape index (κ2) is 7.60. The Labute approximate surface area is 171 Å². The molecule has 0 aromatic rings. The molecule has 28 heavy (non-hydrogen) atoms. The molecule has 2 aliphatic rings.